The summed E-state index contributed by atoms with van der Waals surface area (Å²) in [7, 11) is 1.61. The highest BCUT2D eigenvalue weighted by Gasteiger charge is 2.15. The van der Waals surface area contributed by atoms with Crippen molar-refractivity contribution in [3.63, 3.8) is 0 Å². The van der Waals surface area contributed by atoms with Gasteiger partial charge in [-0.1, -0.05) is 0 Å². The fourth-order valence-electron chi connectivity index (χ4n) is 1.15. The molecule has 0 spiro atoms. The third-order valence-electron chi connectivity index (χ3n) is 1.94. The third kappa shape index (κ3) is 2.59. The molecule has 0 aliphatic rings. The van der Waals surface area contributed by atoms with Crippen LogP contribution in [-0.4, -0.2) is 19.5 Å². The first kappa shape index (κ1) is 9.80. The van der Waals surface area contributed by atoms with E-state index < -0.39 is 0 Å². The van der Waals surface area contributed by atoms with Crippen molar-refractivity contribution in [1.29, 1.82) is 0 Å². The average Bonchev–Trinajstić information content (AvgIpc) is 2.66. The van der Waals surface area contributed by atoms with Gasteiger partial charge in [-0.05, 0) is 12.1 Å². The van der Waals surface area contributed by atoms with E-state index >= 15 is 0 Å². The van der Waals surface area contributed by atoms with Gasteiger partial charge in [-0.15, -0.1) is 0 Å². The van der Waals surface area contributed by atoms with Crippen molar-refractivity contribution >= 4 is 5.91 Å². The Bertz CT molecular complexity index is 257. The Labute approximate surface area is 77.1 Å². The predicted molar refractivity (Wildman–Crippen MR) is 49.2 cm³/mol. The highest BCUT2D eigenvalue weighted by Crippen LogP contribution is 2.18. The van der Waals surface area contributed by atoms with Crippen LogP contribution in [0.25, 0.3) is 0 Å². The van der Waals surface area contributed by atoms with Crippen LogP contribution in [-0.2, 0) is 4.79 Å². The molecule has 0 saturated carbocycles. The number of rotatable bonds is 4. The van der Waals surface area contributed by atoms with Gasteiger partial charge < -0.3 is 15.5 Å². The number of carbonyl (C=O) groups excluding carboxylic acids is 1. The summed E-state index contributed by atoms with van der Waals surface area (Å²) in [6, 6.07) is 3.63. The van der Waals surface area contributed by atoms with Gasteiger partial charge in [0, 0.05) is 25.9 Å². The first-order valence-electron chi connectivity index (χ1n) is 4.22. The molecular weight excluding hydrogens is 168 g/mol. The maximum Gasteiger partial charge on any atom is 0.220 e. The lowest BCUT2D eigenvalue weighted by atomic mass is 10.0. The van der Waals surface area contributed by atoms with Crippen molar-refractivity contribution in [2.75, 3.05) is 13.6 Å². The zero-order valence-electron chi connectivity index (χ0n) is 7.62. The Kier molecular flexibility index (Phi) is 3.52. The number of amides is 1. The molecule has 1 amide bonds. The van der Waals surface area contributed by atoms with E-state index in [1.807, 2.05) is 6.07 Å². The van der Waals surface area contributed by atoms with Crippen LogP contribution >= 0.6 is 0 Å². The molecule has 1 aromatic heterocycles. The Balaban J connectivity index is 2.58. The van der Waals surface area contributed by atoms with Crippen LogP contribution in [0.2, 0.25) is 0 Å². The molecule has 0 aliphatic carbocycles. The van der Waals surface area contributed by atoms with Gasteiger partial charge in [-0.3, -0.25) is 4.79 Å². The Hall–Kier alpha value is -1.29. The van der Waals surface area contributed by atoms with Crippen LogP contribution in [0.3, 0.4) is 0 Å². The summed E-state index contributed by atoms with van der Waals surface area (Å²) in [5.74, 6) is 0.730. The number of nitrogens with one attached hydrogen (secondary N) is 1. The normalized spacial score (nSPS) is 12.5. The van der Waals surface area contributed by atoms with Crippen molar-refractivity contribution in [1.82, 2.24) is 5.32 Å². The van der Waals surface area contributed by atoms with E-state index in [9.17, 15) is 4.79 Å². The van der Waals surface area contributed by atoms with Crippen molar-refractivity contribution in [3.05, 3.63) is 24.2 Å². The summed E-state index contributed by atoms with van der Waals surface area (Å²) in [5.41, 5.74) is 5.53. The van der Waals surface area contributed by atoms with Crippen molar-refractivity contribution in [2.24, 2.45) is 5.73 Å². The first-order chi connectivity index (χ1) is 6.27. The zero-order chi connectivity index (χ0) is 9.68. The number of furan rings is 1. The van der Waals surface area contributed by atoms with Crippen molar-refractivity contribution < 1.29 is 9.21 Å². The van der Waals surface area contributed by atoms with E-state index in [-0.39, 0.29) is 11.8 Å². The predicted octanol–water partition coefficient (Wildman–Crippen LogP) is 0.458. The Morgan fingerprint density at radius 2 is 2.54 bits per heavy atom. The molecule has 1 heterocycles. The molecule has 4 nitrogen and oxygen atoms in total. The topological polar surface area (TPSA) is 68.3 Å². The largest absolute Gasteiger partial charge is 0.469 e. The standard InChI is InChI=1S/C9H14N2O2/c1-11-9(12)5-7(6-10)8-3-2-4-13-8/h2-4,7H,5-6,10H2,1H3,(H,11,12)/t7-/m1/s1. The molecule has 0 aromatic carbocycles. The van der Waals surface area contributed by atoms with Gasteiger partial charge in [-0.25, -0.2) is 0 Å². The van der Waals surface area contributed by atoms with Gasteiger partial charge in [0.15, 0.2) is 0 Å². The van der Waals surface area contributed by atoms with Gasteiger partial charge in [0.05, 0.1) is 6.26 Å². The SMILES string of the molecule is CNC(=O)C[C@H](CN)c1ccco1. The molecule has 1 aromatic rings. The second-order valence-electron chi connectivity index (χ2n) is 2.83. The van der Waals surface area contributed by atoms with Gasteiger partial charge in [0.25, 0.3) is 0 Å². The number of hydrogen-bond acceptors (Lipinski definition) is 3. The molecule has 4 heteroatoms. The van der Waals surface area contributed by atoms with E-state index in [1.165, 1.54) is 0 Å². The fourth-order valence-corrected chi connectivity index (χ4v) is 1.15. The van der Waals surface area contributed by atoms with Crippen molar-refractivity contribution in [3.8, 4) is 0 Å². The van der Waals surface area contributed by atoms with E-state index in [0.717, 1.165) is 5.76 Å². The summed E-state index contributed by atoms with van der Waals surface area (Å²) in [4.78, 5) is 11.1. The van der Waals surface area contributed by atoms with Crippen LogP contribution in [0.15, 0.2) is 22.8 Å². The van der Waals surface area contributed by atoms with Crippen LogP contribution in [0.4, 0.5) is 0 Å². The van der Waals surface area contributed by atoms with Crippen molar-refractivity contribution in [2.45, 2.75) is 12.3 Å². The smallest absolute Gasteiger partial charge is 0.220 e. The van der Waals surface area contributed by atoms with Gasteiger partial charge >= 0.3 is 0 Å². The minimum absolute atomic E-state index is 0.0186. The van der Waals surface area contributed by atoms with Crippen LogP contribution in [0.5, 0.6) is 0 Å². The number of nitrogens with two attached hydrogens (primary N) is 1. The summed E-state index contributed by atoms with van der Waals surface area (Å²) in [6.07, 6.45) is 1.96. The molecule has 1 rings (SSSR count). The molecule has 72 valence electrons. The number of hydrogen-bond donors (Lipinski definition) is 2. The zero-order valence-corrected chi connectivity index (χ0v) is 7.62. The summed E-state index contributed by atoms with van der Waals surface area (Å²) < 4.78 is 5.17. The summed E-state index contributed by atoms with van der Waals surface area (Å²) in [5, 5.41) is 2.56. The first-order valence-corrected chi connectivity index (χ1v) is 4.22. The number of carbonyl (C=O) groups is 1. The minimum atomic E-state index is -0.0214. The molecule has 0 fully saturated rings. The molecule has 0 bridgehead atoms. The fraction of sp³-hybridized carbons (Fsp3) is 0.444. The second-order valence-corrected chi connectivity index (χ2v) is 2.83. The second kappa shape index (κ2) is 4.67. The highest BCUT2D eigenvalue weighted by atomic mass is 16.3. The molecule has 0 aliphatic heterocycles. The Morgan fingerprint density at radius 3 is 3.00 bits per heavy atom. The molecule has 13 heavy (non-hydrogen) atoms. The molecule has 0 unspecified atom stereocenters. The lowest BCUT2D eigenvalue weighted by Crippen LogP contribution is -2.23. The van der Waals surface area contributed by atoms with E-state index in [4.69, 9.17) is 10.2 Å². The molecule has 1 atom stereocenters. The third-order valence-corrected chi connectivity index (χ3v) is 1.94. The minimum Gasteiger partial charge on any atom is -0.469 e. The average molecular weight is 182 g/mol. The van der Waals surface area contributed by atoms with Gasteiger partial charge in [0.2, 0.25) is 5.91 Å². The van der Waals surface area contributed by atoms with Crippen LogP contribution in [0, 0.1) is 0 Å². The van der Waals surface area contributed by atoms with Gasteiger partial charge in [-0.2, -0.15) is 0 Å². The van der Waals surface area contributed by atoms with E-state index in [1.54, 1.807) is 19.4 Å². The Morgan fingerprint density at radius 1 is 1.77 bits per heavy atom. The summed E-state index contributed by atoms with van der Waals surface area (Å²) >= 11 is 0. The molecule has 3 N–H and O–H groups in total. The van der Waals surface area contributed by atoms with Crippen LogP contribution < -0.4 is 11.1 Å². The van der Waals surface area contributed by atoms with Crippen LogP contribution in [0.1, 0.15) is 18.1 Å². The monoisotopic (exact) mass is 182 g/mol. The lowest BCUT2D eigenvalue weighted by molar-refractivity contribution is -0.121. The highest BCUT2D eigenvalue weighted by molar-refractivity contribution is 5.76. The maximum absolute atomic E-state index is 11.1. The summed E-state index contributed by atoms with van der Waals surface area (Å²) in [6.45, 7) is 0.418. The van der Waals surface area contributed by atoms with E-state index in [2.05, 4.69) is 5.32 Å². The quantitative estimate of drug-likeness (QED) is 0.710. The van der Waals surface area contributed by atoms with Gasteiger partial charge in [0.1, 0.15) is 5.76 Å². The molecule has 0 saturated heterocycles. The maximum atomic E-state index is 11.1. The van der Waals surface area contributed by atoms with E-state index in [0.29, 0.717) is 13.0 Å². The lowest BCUT2D eigenvalue weighted by Gasteiger charge is -2.10. The molecular formula is C9H14N2O2. The molecule has 0 radical (unpaired) electrons.